The highest BCUT2D eigenvalue weighted by atomic mass is 35.5. The highest BCUT2D eigenvalue weighted by Crippen LogP contribution is 2.30. The lowest BCUT2D eigenvalue weighted by Crippen LogP contribution is -2.10. The van der Waals surface area contributed by atoms with Crippen LogP contribution in [0.25, 0.3) is 0 Å². The van der Waals surface area contributed by atoms with Crippen molar-refractivity contribution in [3.8, 4) is 0 Å². The molecule has 1 aromatic carbocycles. The van der Waals surface area contributed by atoms with Gasteiger partial charge in [-0.25, -0.2) is 0 Å². The van der Waals surface area contributed by atoms with E-state index in [4.69, 9.17) is 16.3 Å². The number of hydrogen-bond donors (Lipinski definition) is 0. The number of unbranched alkanes of at least 4 members (excludes halogenated alkanes) is 3. The second-order valence-corrected chi connectivity index (χ2v) is 5.25. The molecule has 0 spiro atoms. The number of carbonyl (C=O) groups excluding carboxylic acids is 1. The molecule has 0 unspecified atom stereocenters. The molecule has 1 aliphatic heterocycles. The Morgan fingerprint density at radius 1 is 1.22 bits per heavy atom. The number of hydrogen-bond acceptors (Lipinski definition) is 2. The molecule has 1 saturated heterocycles. The average Bonchev–Trinajstić information content (AvgIpc) is 3.14. The van der Waals surface area contributed by atoms with Gasteiger partial charge < -0.3 is 4.74 Å². The molecular formula is C15H19ClO2. The average molecular weight is 267 g/mol. The molecule has 0 radical (unpaired) electrons. The first-order valence-corrected chi connectivity index (χ1v) is 7.05. The first-order valence-electron chi connectivity index (χ1n) is 6.67. The van der Waals surface area contributed by atoms with Gasteiger partial charge in [0.05, 0.1) is 6.10 Å². The minimum Gasteiger partial charge on any atom is -0.361 e. The van der Waals surface area contributed by atoms with Gasteiger partial charge in [0.25, 0.3) is 0 Å². The molecule has 2 nitrogen and oxygen atoms in total. The maximum atomic E-state index is 12.0. The summed E-state index contributed by atoms with van der Waals surface area (Å²) in [7, 11) is 0. The van der Waals surface area contributed by atoms with Gasteiger partial charge in [-0.3, -0.25) is 4.79 Å². The summed E-state index contributed by atoms with van der Waals surface area (Å²) in [6.07, 6.45) is 5.82. The van der Waals surface area contributed by atoms with Crippen molar-refractivity contribution in [3.63, 3.8) is 0 Å². The van der Waals surface area contributed by atoms with E-state index >= 15 is 0 Å². The number of halogens is 1. The fraction of sp³-hybridized carbons (Fsp3) is 0.533. The number of ketones is 1. The van der Waals surface area contributed by atoms with Gasteiger partial charge in [-0.05, 0) is 30.7 Å². The topological polar surface area (TPSA) is 29.6 Å². The highest BCUT2D eigenvalue weighted by molar-refractivity contribution is 6.30. The molecule has 0 saturated carbocycles. The normalized spacial score (nSPS) is 21.9. The van der Waals surface area contributed by atoms with Crippen LogP contribution in [0.1, 0.15) is 49.4 Å². The molecule has 0 N–H and O–H groups in total. The van der Waals surface area contributed by atoms with Crippen LogP contribution in [-0.2, 0) is 4.74 Å². The van der Waals surface area contributed by atoms with E-state index in [0.717, 1.165) is 12.8 Å². The van der Waals surface area contributed by atoms with Gasteiger partial charge in [-0.15, -0.1) is 0 Å². The number of Topliss-reactive ketones (excluding diaryl/α,β-unsaturated/α-hetero) is 1. The summed E-state index contributed by atoms with van der Waals surface area (Å²) in [6, 6.07) is 7.02. The van der Waals surface area contributed by atoms with Crippen LogP contribution in [0.4, 0.5) is 0 Å². The molecule has 2 rings (SSSR count). The van der Waals surface area contributed by atoms with Crippen molar-refractivity contribution in [2.75, 3.05) is 0 Å². The van der Waals surface area contributed by atoms with Crippen molar-refractivity contribution in [2.24, 2.45) is 0 Å². The predicted molar refractivity (Wildman–Crippen MR) is 73.2 cm³/mol. The minimum atomic E-state index is -0.215. The Bertz CT molecular complexity index is 399. The molecule has 0 amide bonds. The molecular weight excluding hydrogens is 248 g/mol. The van der Waals surface area contributed by atoms with Crippen LogP contribution in [0.3, 0.4) is 0 Å². The minimum absolute atomic E-state index is 0.0900. The number of epoxide rings is 1. The quantitative estimate of drug-likeness (QED) is 0.419. The molecule has 3 heteroatoms. The maximum absolute atomic E-state index is 12.0. The van der Waals surface area contributed by atoms with Crippen LogP contribution in [0.15, 0.2) is 24.3 Å². The zero-order valence-electron chi connectivity index (χ0n) is 10.7. The van der Waals surface area contributed by atoms with Crippen LogP contribution in [0.5, 0.6) is 0 Å². The van der Waals surface area contributed by atoms with Gasteiger partial charge in [-0.2, -0.15) is 0 Å². The van der Waals surface area contributed by atoms with Crippen molar-refractivity contribution in [3.05, 3.63) is 34.9 Å². The van der Waals surface area contributed by atoms with Crippen LogP contribution in [0.2, 0.25) is 5.02 Å². The Morgan fingerprint density at radius 2 is 1.94 bits per heavy atom. The van der Waals surface area contributed by atoms with Gasteiger partial charge in [0.2, 0.25) is 0 Å². The summed E-state index contributed by atoms with van der Waals surface area (Å²) in [4.78, 5) is 12.0. The number of ether oxygens (including phenoxy) is 1. The van der Waals surface area contributed by atoms with Crippen LogP contribution >= 0.6 is 11.6 Å². The third-order valence-corrected chi connectivity index (χ3v) is 3.56. The molecule has 1 aromatic rings. The largest absolute Gasteiger partial charge is 0.361 e. The van der Waals surface area contributed by atoms with E-state index in [-0.39, 0.29) is 18.0 Å². The standard InChI is InChI=1S/C15H19ClO2/c1-2-3-4-5-6-13-15(18-13)14(17)11-7-9-12(16)10-8-11/h7-10,13,15H,2-6H2,1H3/t13-,15+/m1/s1. The molecule has 1 heterocycles. The van der Waals surface area contributed by atoms with E-state index in [0.29, 0.717) is 10.6 Å². The van der Waals surface area contributed by atoms with Gasteiger partial charge >= 0.3 is 0 Å². The number of rotatable bonds is 7. The van der Waals surface area contributed by atoms with Gasteiger partial charge in [0.1, 0.15) is 6.10 Å². The Balaban J connectivity index is 1.77. The lowest BCUT2D eigenvalue weighted by Gasteiger charge is -1.98. The predicted octanol–water partition coefficient (Wildman–Crippen LogP) is 4.26. The molecule has 0 bridgehead atoms. The summed E-state index contributed by atoms with van der Waals surface area (Å²) in [6.45, 7) is 2.19. The zero-order valence-corrected chi connectivity index (χ0v) is 11.5. The van der Waals surface area contributed by atoms with Crippen LogP contribution in [0, 0.1) is 0 Å². The van der Waals surface area contributed by atoms with E-state index in [2.05, 4.69) is 6.92 Å². The molecule has 98 valence electrons. The fourth-order valence-corrected chi connectivity index (χ4v) is 2.27. The van der Waals surface area contributed by atoms with Gasteiger partial charge in [0, 0.05) is 10.6 Å². The SMILES string of the molecule is CCCCCC[C@H]1O[C@@H]1C(=O)c1ccc(Cl)cc1. The van der Waals surface area contributed by atoms with Gasteiger partial charge in [-0.1, -0.05) is 44.2 Å². The van der Waals surface area contributed by atoms with Crippen molar-refractivity contribution >= 4 is 17.4 Å². The number of benzene rings is 1. The fourth-order valence-electron chi connectivity index (χ4n) is 2.14. The summed E-state index contributed by atoms with van der Waals surface area (Å²) in [5.74, 6) is 0.0900. The second-order valence-electron chi connectivity index (χ2n) is 4.82. The van der Waals surface area contributed by atoms with Crippen molar-refractivity contribution in [1.82, 2.24) is 0 Å². The van der Waals surface area contributed by atoms with E-state index in [9.17, 15) is 4.79 Å². The molecule has 2 atom stereocenters. The Hall–Kier alpha value is -0.860. The molecule has 1 aliphatic rings. The molecule has 1 fully saturated rings. The van der Waals surface area contributed by atoms with E-state index in [1.807, 2.05) is 0 Å². The first-order chi connectivity index (χ1) is 8.72. The Kier molecular flexibility index (Phi) is 4.79. The smallest absolute Gasteiger partial charge is 0.194 e. The Labute approximate surface area is 113 Å². The highest BCUT2D eigenvalue weighted by Gasteiger charge is 2.44. The summed E-state index contributed by atoms with van der Waals surface area (Å²) in [5.41, 5.74) is 0.695. The monoisotopic (exact) mass is 266 g/mol. The third-order valence-electron chi connectivity index (χ3n) is 3.31. The van der Waals surface area contributed by atoms with Crippen molar-refractivity contribution in [2.45, 2.75) is 51.2 Å². The Morgan fingerprint density at radius 3 is 2.61 bits per heavy atom. The number of carbonyl (C=O) groups is 1. The van der Waals surface area contributed by atoms with Crippen LogP contribution < -0.4 is 0 Å². The van der Waals surface area contributed by atoms with Crippen molar-refractivity contribution in [1.29, 1.82) is 0 Å². The molecule has 0 aliphatic carbocycles. The third kappa shape index (κ3) is 3.56. The zero-order chi connectivity index (χ0) is 13.0. The van der Waals surface area contributed by atoms with Gasteiger partial charge in [0.15, 0.2) is 5.78 Å². The first kappa shape index (κ1) is 13.6. The lowest BCUT2D eigenvalue weighted by molar-refractivity contribution is 0.0953. The van der Waals surface area contributed by atoms with Crippen molar-refractivity contribution < 1.29 is 9.53 Å². The molecule has 0 aromatic heterocycles. The van der Waals surface area contributed by atoms with E-state index in [1.165, 1.54) is 19.3 Å². The summed E-state index contributed by atoms with van der Waals surface area (Å²) < 4.78 is 5.46. The summed E-state index contributed by atoms with van der Waals surface area (Å²) in [5, 5.41) is 0.652. The van der Waals surface area contributed by atoms with E-state index in [1.54, 1.807) is 24.3 Å². The van der Waals surface area contributed by atoms with Crippen LogP contribution in [-0.4, -0.2) is 18.0 Å². The lowest BCUT2D eigenvalue weighted by atomic mass is 10.0. The second kappa shape index (κ2) is 6.35. The van der Waals surface area contributed by atoms with E-state index < -0.39 is 0 Å². The molecule has 18 heavy (non-hydrogen) atoms. The summed E-state index contributed by atoms with van der Waals surface area (Å²) >= 11 is 5.80. The maximum Gasteiger partial charge on any atom is 0.194 e.